The summed E-state index contributed by atoms with van der Waals surface area (Å²) in [6.07, 6.45) is 0.827. The van der Waals surface area contributed by atoms with E-state index in [4.69, 9.17) is 4.74 Å². The van der Waals surface area contributed by atoms with E-state index in [2.05, 4.69) is 15.6 Å². The highest BCUT2D eigenvalue weighted by atomic mass is 32.1. The maximum absolute atomic E-state index is 12.9. The van der Waals surface area contributed by atoms with Crippen molar-refractivity contribution in [2.45, 2.75) is 32.4 Å². The number of carbonyl (C=O) groups is 3. The molecule has 8 nitrogen and oxygen atoms in total. The smallest absolute Gasteiger partial charge is 0.410 e. The lowest BCUT2D eigenvalue weighted by Gasteiger charge is -2.22. The molecule has 0 spiro atoms. The summed E-state index contributed by atoms with van der Waals surface area (Å²) < 4.78 is 5.41. The van der Waals surface area contributed by atoms with E-state index < -0.39 is 12.1 Å². The molecule has 2 N–H and O–H groups in total. The molecule has 1 aliphatic heterocycles. The minimum absolute atomic E-state index is 0.133. The SMILES string of the molecule is CC(=O)Nc1ccc(-c2csc(NC(=O)[C@@H]3CCCN3C(=O)OCc3ccccc3)n2)cc1. The quantitative estimate of drug-likeness (QED) is 0.559. The summed E-state index contributed by atoms with van der Waals surface area (Å²) in [5, 5.41) is 7.87. The summed E-state index contributed by atoms with van der Waals surface area (Å²) in [7, 11) is 0. The van der Waals surface area contributed by atoms with Crippen LogP contribution in [0.4, 0.5) is 15.6 Å². The molecule has 0 saturated carbocycles. The number of carbonyl (C=O) groups excluding carboxylic acids is 3. The number of aromatic nitrogens is 1. The van der Waals surface area contributed by atoms with Crippen molar-refractivity contribution in [2.75, 3.05) is 17.2 Å². The van der Waals surface area contributed by atoms with Gasteiger partial charge in [-0.15, -0.1) is 11.3 Å². The molecule has 3 amide bonds. The number of rotatable bonds is 6. The zero-order valence-corrected chi connectivity index (χ0v) is 18.9. The van der Waals surface area contributed by atoms with Gasteiger partial charge in [-0.3, -0.25) is 14.5 Å². The average Bonchev–Trinajstić information content (AvgIpc) is 3.48. The molecule has 1 aromatic heterocycles. The molecule has 170 valence electrons. The molecule has 0 aliphatic carbocycles. The number of anilines is 2. The Morgan fingerprint density at radius 1 is 1.09 bits per heavy atom. The van der Waals surface area contributed by atoms with Gasteiger partial charge >= 0.3 is 6.09 Å². The fraction of sp³-hybridized carbons (Fsp3) is 0.250. The van der Waals surface area contributed by atoms with E-state index in [1.165, 1.54) is 23.2 Å². The zero-order valence-electron chi connectivity index (χ0n) is 18.1. The molecule has 2 heterocycles. The first-order chi connectivity index (χ1) is 16.0. The van der Waals surface area contributed by atoms with Gasteiger partial charge in [-0.25, -0.2) is 9.78 Å². The minimum Gasteiger partial charge on any atom is -0.445 e. The predicted octanol–water partition coefficient (Wildman–Crippen LogP) is 4.51. The number of hydrogen-bond acceptors (Lipinski definition) is 6. The van der Waals surface area contributed by atoms with E-state index in [0.29, 0.717) is 23.8 Å². The number of ether oxygens (including phenoxy) is 1. The number of likely N-dealkylation sites (tertiary alicyclic amines) is 1. The molecular formula is C24H24N4O4S. The summed E-state index contributed by atoms with van der Waals surface area (Å²) >= 11 is 1.32. The lowest BCUT2D eigenvalue weighted by atomic mass is 10.1. The maximum atomic E-state index is 12.9. The van der Waals surface area contributed by atoms with Crippen LogP contribution in [0.25, 0.3) is 11.3 Å². The normalized spacial score (nSPS) is 15.2. The summed E-state index contributed by atoms with van der Waals surface area (Å²) in [4.78, 5) is 42.5. The molecule has 1 atom stereocenters. The Kier molecular flexibility index (Phi) is 6.99. The lowest BCUT2D eigenvalue weighted by molar-refractivity contribution is -0.120. The van der Waals surface area contributed by atoms with Crippen molar-refractivity contribution < 1.29 is 19.1 Å². The van der Waals surface area contributed by atoms with Gasteiger partial charge in [0.15, 0.2) is 5.13 Å². The monoisotopic (exact) mass is 464 g/mol. The Bertz CT molecular complexity index is 1130. The van der Waals surface area contributed by atoms with Crippen LogP contribution in [0.5, 0.6) is 0 Å². The molecule has 1 aliphatic rings. The molecule has 9 heteroatoms. The van der Waals surface area contributed by atoms with Crippen LogP contribution in [0, 0.1) is 0 Å². The molecular weight excluding hydrogens is 440 g/mol. The number of amides is 3. The predicted molar refractivity (Wildman–Crippen MR) is 127 cm³/mol. The third-order valence-electron chi connectivity index (χ3n) is 5.23. The van der Waals surface area contributed by atoms with E-state index in [0.717, 1.165) is 23.2 Å². The highest BCUT2D eigenvalue weighted by Crippen LogP contribution is 2.27. The Hall–Kier alpha value is -3.72. The lowest BCUT2D eigenvalue weighted by Crippen LogP contribution is -2.43. The Balaban J connectivity index is 1.35. The Morgan fingerprint density at radius 3 is 2.58 bits per heavy atom. The topological polar surface area (TPSA) is 101 Å². The van der Waals surface area contributed by atoms with Gasteiger partial charge in [-0.05, 0) is 30.5 Å². The molecule has 0 bridgehead atoms. The van der Waals surface area contributed by atoms with E-state index in [1.54, 1.807) is 12.1 Å². The van der Waals surface area contributed by atoms with Crippen molar-refractivity contribution in [1.82, 2.24) is 9.88 Å². The molecule has 33 heavy (non-hydrogen) atoms. The van der Waals surface area contributed by atoms with Gasteiger partial charge in [0.2, 0.25) is 11.8 Å². The fourth-order valence-electron chi connectivity index (χ4n) is 3.64. The van der Waals surface area contributed by atoms with E-state index >= 15 is 0 Å². The standard InChI is InChI=1S/C24H24N4O4S/c1-16(29)25-19-11-9-18(10-12-19)20-15-33-23(26-20)27-22(30)21-8-5-13-28(21)24(31)32-14-17-6-3-2-4-7-17/h2-4,6-7,9-12,15,21H,5,8,13-14H2,1H3,(H,25,29)(H,26,27,30)/t21-/m0/s1. The summed E-state index contributed by atoms with van der Waals surface area (Å²) in [6, 6.07) is 16.2. The number of hydrogen-bond donors (Lipinski definition) is 2. The van der Waals surface area contributed by atoms with Crippen molar-refractivity contribution in [3.05, 3.63) is 65.5 Å². The molecule has 1 fully saturated rings. The highest BCUT2D eigenvalue weighted by Gasteiger charge is 2.35. The van der Waals surface area contributed by atoms with Crippen LogP contribution < -0.4 is 10.6 Å². The Labute approximate surface area is 195 Å². The summed E-state index contributed by atoms with van der Waals surface area (Å²) in [6.45, 7) is 2.11. The number of nitrogens with zero attached hydrogens (tertiary/aromatic N) is 2. The van der Waals surface area contributed by atoms with Crippen LogP contribution in [-0.2, 0) is 20.9 Å². The van der Waals surface area contributed by atoms with Gasteiger partial charge in [0.25, 0.3) is 0 Å². The fourth-order valence-corrected chi connectivity index (χ4v) is 4.36. The second-order valence-corrected chi connectivity index (χ2v) is 8.54. The van der Waals surface area contributed by atoms with Crippen molar-refractivity contribution in [3.8, 4) is 11.3 Å². The first kappa shape index (κ1) is 22.5. The van der Waals surface area contributed by atoms with Crippen molar-refractivity contribution in [2.24, 2.45) is 0 Å². The number of benzene rings is 2. The summed E-state index contributed by atoms with van der Waals surface area (Å²) in [5.74, 6) is -0.405. The Morgan fingerprint density at radius 2 is 1.85 bits per heavy atom. The molecule has 0 radical (unpaired) electrons. The van der Waals surface area contributed by atoms with Gasteiger partial charge in [0, 0.05) is 30.1 Å². The van der Waals surface area contributed by atoms with Gasteiger partial charge < -0.3 is 15.4 Å². The van der Waals surface area contributed by atoms with Crippen molar-refractivity contribution >= 4 is 40.1 Å². The van der Waals surface area contributed by atoms with Crippen LogP contribution >= 0.6 is 11.3 Å². The van der Waals surface area contributed by atoms with Gasteiger partial charge in [-0.2, -0.15) is 0 Å². The van der Waals surface area contributed by atoms with Crippen LogP contribution in [0.3, 0.4) is 0 Å². The second kappa shape index (κ2) is 10.3. The second-order valence-electron chi connectivity index (χ2n) is 7.68. The maximum Gasteiger partial charge on any atom is 0.410 e. The van der Waals surface area contributed by atoms with E-state index in [1.807, 2.05) is 47.8 Å². The third kappa shape index (κ3) is 5.75. The molecule has 3 aromatic rings. The van der Waals surface area contributed by atoms with Gasteiger partial charge in [0.1, 0.15) is 12.6 Å². The van der Waals surface area contributed by atoms with Gasteiger partial charge in [0.05, 0.1) is 5.69 Å². The minimum atomic E-state index is -0.586. The van der Waals surface area contributed by atoms with Crippen molar-refractivity contribution in [1.29, 1.82) is 0 Å². The largest absolute Gasteiger partial charge is 0.445 e. The highest BCUT2D eigenvalue weighted by molar-refractivity contribution is 7.14. The van der Waals surface area contributed by atoms with Crippen LogP contribution in [0.2, 0.25) is 0 Å². The number of thiazole rings is 1. The average molecular weight is 465 g/mol. The van der Waals surface area contributed by atoms with Crippen LogP contribution in [0.1, 0.15) is 25.3 Å². The van der Waals surface area contributed by atoms with Crippen molar-refractivity contribution in [3.63, 3.8) is 0 Å². The molecule has 1 saturated heterocycles. The molecule has 2 aromatic carbocycles. The third-order valence-corrected chi connectivity index (χ3v) is 5.99. The molecule has 4 rings (SSSR count). The zero-order chi connectivity index (χ0) is 23.2. The first-order valence-corrected chi connectivity index (χ1v) is 11.5. The van der Waals surface area contributed by atoms with Gasteiger partial charge in [-0.1, -0.05) is 42.5 Å². The van der Waals surface area contributed by atoms with Crippen LogP contribution in [-0.4, -0.2) is 40.4 Å². The van der Waals surface area contributed by atoms with E-state index in [9.17, 15) is 14.4 Å². The van der Waals surface area contributed by atoms with E-state index in [-0.39, 0.29) is 18.4 Å². The first-order valence-electron chi connectivity index (χ1n) is 10.6. The number of nitrogens with one attached hydrogen (secondary N) is 2. The summed E-state index contributed by atoms with van der Waals surface area (Å²) in [5.41, 5.74) is 3.19. The van der Waals surface area contributed by atoms with Crippen LogP contribution in [0.15, 0.2) is 60.0 Å². The molecule has 0 unspecified atom stereocenters.